The molecule has 108 valence electrons. The fraction of sp³-hybridized carbons (Fsp3) is 0.625. The molecule has 3 nitrogen and oxygen atoms in total. The molecule has 1 aromatic carbocycles. The van der Waals surface area contributed by atoms with Crippen LogP contribution in [0.2, 0.25) is 0 Å². The quantitative estimate of drug-likeness (QED) is 0.655. The third-order valence-electron chi connectivity index (χ3n) is 3.08. The Balaban J connectivity index is 2.10. The second-order valence-electron chi connectivity index (χ2n) is 4.88. The molecule has 1 atom stereocenters. The summed E-state index contributed by atoms with van der Waals surface area (Å²) in [6, 6.07) is 8.37. The molecular formula is C16H27NO2. The molecule has 0 amide bonds. The lowest BCUT2D eigenvalue weighted by molar-refractivity contribution is 0.299. The normalized spacial score (nSPS) is 12.2. The maximum Gasteiger partial charge on any atom is 0.122 e. The van der Waals surface area contributed by atoms with Crippen molar-refractivity contribution >= 4 is 0 Å². The van der Waals surface area contributed by atoms with Gasteiger partial charge in [-0.15, -0.1) is 0 Å². The molecule has 1 N–H and O–H groups in total. The topological polar surface area (TPSA) is 30.5 Å². The highest BCUT2D eigenvalue weighted by molar-refractivity contribution is 5.32. The van der Waals surface area contributed by atoms with Crippen LogP contribution in [0, 0.1) is 0 Å². The largest absolute Gasteiger partial charge is 0.497 e. The van der Waals surface area contributed by atoms with Crippen LogP contribution in [0.1, 0.15) is 39.5 Å². The predicted octanol–water partition coefficient (Wildman–Crippen LogP) is 3.63. The number of ether oxygens (including phenoxy) is 2. The maximum absolute atomic E-state index is 5.71. The minimum absolute atomic E-state index is 0.608. The van der Waals surface area contributed by atoms with Gasteiger partial charge < -0.3 is 14.8 Å². The first-order valence-corrected chi connectivity index (χ1v) is 7.26. The van der Waals surface area contributed by atoms with Gasteiger partial charge in [0.05, 0.1) is 13.7 Å². The minimum atomic E-state index is 0.608. The number of methoxy groups -OCH3 is 1. The first kappa shape index (κ1) is 15.8. The van der Waals surface area contributed by atoms with E-state index in [1.54, 1.807) is 7.11 Å². The van der Waals surface area contributed by atoms with Crippen molar-refractivity contribution in [2.75, 3.05) is 20.3 Å². The van der Waals surface area contributed by atoms with Crippen molar-refractivity contribution in [2.45, 2.75) is 45.6 Å². The zero-order valence-electron chi connectivity index (χ0n) is 12.4. The highest BCUT2D eigenvalue weighted by Crippen LogP contribution is 2.19. The fourth-order valence-corrected chi connectivity index (χ4v) is 1.93. The zero-order chi connectivity index (χ0) is 13.9. The highest BCUT2D eigenvalue weighted by atomic mass is 16.5. The van der Waals surface area contributed by atoms with Gasteiger partial charge in [-0.2, -0.15) is 0 Å². The summed E-state index contributed by atoms with van der Waals surface area (Å²) in [6.45, 7) is 6.33. The van der Waals surface area contributed by atoms with Crippen LogP contribution in [0.15, 0.2) is 24.3 Å². The molecule has 0 radical (unpaired) electrons. The van der Waals surface area contributed by atoms with Gasteiger partial charge in [-0.3, -0.25) is 0 Å². The number of nitrogens with one attached hydrogen (secondary N) is 1. The van der Waals surface area contributed by atoms with Gasteiger partial charge in [-0.05, 0) is 51.3 Å². The molecule has 1 unspecified atom stereocenters. The third-order valence-corrected chi connectivity index (χ3v) is 3.08. The van der Waals surface area contributed by atoms with E-state index < -0.39 is 0 Å². The molecule has 0 heterocycles. The molecule has 0 aliphatic carbocycles. The Morgan fingerprint density at radius 2 is 2.00 bits per heavy atom. The second kappa shape index (κ2) is 9.68. The van der Waals surface area contributed by atoms with Gasteiger partial charge in [-0.25, -0.2) is 0 Å². The molecular weight excluding hydrogens is 238 g/mol. The molecule has 0 aliphatic heterocycles. The van der Waals surface area contributed by atoms with Crippen LogP contribution in [0.5, 0.6) is 11.5 Å². The van der Waals surface area contributed by atoms with Crippen LogP contribution in [0.4, 0.5) is 0 Å². The summed E-state index contributed by atoms with van der Waals surface area (Å²) < 4.78 is 10.9. The van der Waals surface area contributed by atoms with Crippen molar-refractivity contribution in [2.24, 2.45) is 0 Å². The predicted molar refractivity (Wildman–Crippen MR) is 80.1 cm³/mol. The number of rotatable bonds is 10. The van der Waals surface area contributed by atoms with E-state index in [-0.39, 0.29) is 0 Å². The summed E-state index contributed by atoms with van der Waals surface area (Å²) in [4.78, 5) is 0. The Labute approximate surface area is 117 Å². The Hall–Kier alpha value is -1.22. The summed E-state index contributed by atoms with van der Waals surface area (Å²) in [5.74, 6) is 1.73. The monoisotopic (exact) mass is 265 g/mol. The van der Waals surface area contributed by atoms with Gasteiger partial charge in [0.15, 0.2) is 0 Å². The first-order valence-electron chi connectivity index (χ1n) is 7.26. The van der Waals surface area contributed by atoms with E-state index in [1.165, 1.54) is 19.3 Å². The number of benzene rings is 1. The lowest BCUT2D eigenvalue weighted by atomic mass is 10.1. The van der Waals surface area contributed by atoms with E-state index in [0.29, 0.717) is 6.04 Å². The molecule has 0 saturated carbocycles. The summed E-state index contributed by atoms with van der Waals surface area (Å²) in [5, 5.41) is 3.50. The Morgan fingerprint density at radius 1 is 1.21 bits per heavy atom. The fourth-order valence-electron chi connectivity index (χ4n) is 1.93. The van der Waals surface area contributed by atoms with Crippen molar-refractivity contribution < 1.29 is 9.47 Å². The van der Waals surface area contributed by atoms with Crippen LogP contribution in [0.25, 0.3) is 0 Å². The zero-order valence-corrected chi connectivity index (χ0v) is 12.4. The summed E-state index contributed by atoms with van der Waals surface area (Å²) >= 11 is 0. The lowest BCUT2D eigenvalue weighted by Crippen LogP contribution is -2.26. The van der Waals surface area contributed by atoms with Crippen molar-refractivity contribution in [3.05, 3.63) is 24.3 Å². The molecule has 1 aromatic rings. The molecule has 19 heavy (non-hydrogen) atoms. The molecule has 0 fully saturated rings. The van der Waals surface area contributed by atoms with Crippen LogP contribution < -0.4 is 14.8 Å². The van der Waals surface area contributed by atoms with E-state index in [1.807, 2.05) is 24.3 Å². The lowest BCUT2D eigenvalue weighted by Gasteiger charge is -2.13. The minimum Gasteiger partial charge on any atom is -0.497 e. The van der Waals surface area contributed by atoms with Crippen molar-refractivity contribution in [1.82, 2.24) is 5.32 Å². The van der Waals surface area contributed by atoms with E-state index >= 15 is 0 Å². The first-order chi connectivity index (χ1) is 9.26. The van der Waals surface area contributed by atoms with Crippen molar-refractivity contribution in [3.8, 4) is 11.5 Å². The Bertz CT molecular complexity index is 341. The molecule has 0 aliphatic rings. The van der Waals surface area contributed by atoms with E-state index in [2.05, 4.69) is 19.2 Å². The average Bonchev–Trinajstić information content (AvgIpc) is 2.45. The highest BCUT2D eigenvalue weighted by Gasteiger charge is 2.00. The molecule has 0 aromatic heterocycles. The van der Waals surface area contributed by atoms with Crippen LogP contribution in [-0.2, 0) is 0 Å². The van der Waals surface area contributed by atoms with Crippen LogP contribution in [-0.4, -0.2) is 26.3 Å². The third kappa shape index (κ3) is 7.06. The van der Waals surface area contributed by atoms with Gasteiger partial charge in [0.25, 0.3) is 0 Å². The summed E-state index contributed by atoms with van der Waals surface area (Å²) in [6.07, 6.45) is 4.70. The van der Waals surface area contributed by atoms with Crippen LogP contribution >= 0.6 is 0 Å². The van der Waals surface area contributed by atoms with Gasteiger partial charge >= 0.3 is 0 Å². The van der Waals surface area contributed by atoms with Gasteiger partial charge in [0.2, 0.25) is 0 Å². The molecule has 0 bridgehead atoms. The standard InChI is InChI=1S/C16H27NO2/c1-4-11-17-14(2)8-5-6-12-19-16-10-7-9-15(13-16)18-3/h7,9-10,13-14,17H,4-6,8,11-12H2,1-3H3. The maximum atomic E-state index is 5.71. The van der Waals surface area contributed by atoms with Crippen molar-refractivity contribution in [1.29, 1.82) is 0 Å². The Morgan fingerprint density at radius 3 is 2.74 bits per heavy atom. The van der Waals surface area contributed by atoms with Crippen molar-refractivity contribution in [3.63, 3.8) is 0 Å². The molecule has 3 heteroatoms. The van der Waals surface area contributed by atoms with Gasteiger partial charge in [0, 0.05) is 12.1 Å². The van der Waals surface area contributed by atoms with Gasteiger partial charge in [-0.1, -0.05) is 13.0 Å². The Kier molecular flexibility index (Phi) is 8.07. The van der Waals surface area contributed by atoms with E-state index in [0.717, 1.165) is 31.1 Å². The molecule has 0 spiro atoms. The summed E-state index contributed by atoms with van der Waals surface area (Å²) in [5.41, 5.74) is 0. The smallest absolute Gasteiger partial charge is 0.122 e. The summed E-state index contributed by atoms with van der Waals surface area (Å²) in [7, 11) is 1.67. The number of hydrogen-bond donors (Lipinski definition) is 1. The number of unbranched alkanes of at least 4 members (excludes halogenated alkanes) is 1. The molecule has 0 saturated heterocycles. The van der Waals surface area contributed by atoms with E-state index in [4.69, 9.17) is 9.47 Å². The molecule has 1 rings (SSSR count). The SMILES string of the molecule is CCCNC(C)CCCCOc1cccc(OC)c1. The van der Waals surface area contributed by atoms with E-state index in [9.17, 15) is 0 Å². The average molecular weight is 265 g/mol. The number of hydrogen-bond acceptors (Lipinski definition) is 3. The van der Waals surface area contributed by atoms with Crippen LogP contribution in [0.3, 0.4) is 0 Å². The van der Waals surface area contributed by atoms with Gasteiger partial charge in [0.1, 0.15) is 11.5 Å². The second-order valence-corrected chi connectivity index (χ2v) is 4.88.